The molecule has 198 valence electrons. The van der Waals surface area contributed by atoms with Gasteiger partial charge in [-0.25, -0.2) is 0 Å². The first-order valence-corrected chi connectivity index (χ1v) is 12.4. The lowest BCUT2D eigenvalue weighted by Gasteiger charge is -2.48. The van der Waals surface area contributed by atoms with Crippen LogP contribution >= 0.6 is 11.6 Å². The number of rotatable bonds is 7. The molecule has 2 saturated heterocycles. The maximum absolute atomic E-state index is 10.9. The van der Waals surface area contributed by atoms with E-state index in [4.69, 9.17) is 25.8 Å². The summed E-state index contributed by atoms with van der Waals surface area (Å²) in [6.45, 7) is 3.48. The number of benzene rings is 2. The summed E-state index contributed by atoms with van der Waals surface area (Å²) < 4.78 is 16.8. The molecular weight excluding hydrogens is 490 g/mol. The van der Waals surface area contributed by atoms with Crippen molar-refractivity contribution in [1.29, 1.82) is 0 Å². The Morgan fingerprint density at radius 3 is 2.19 bits per heavy atom. The van der Waals surface area contributed by atoms with Gasteiger partial charge in [0.1, 0.15) is 24.4 Å². The van der Waals surface area contributed by atoms with E-state index in [0.717, 1.165) is 16.7 Å². The Morgan fingerprint density at radius 1 is 0.972 bits per heavy atom. The average Bonchev–Trinajstić information content (AvgIpc) is 2.87. The van der Waals surface area contributed by atoms with Gasteiger partial charge < -0.3 is 45.1 Å². The van der Waals surface area contributed by atoms with Crippen molar-refractivity contribution in [2.75, 3.05) is 6.61 Å². The highest BCUT2D eigenvalue weighted by Crippen LogP contribution is 2.33. The van der Waals surface area contributed by atoms with Crippen LogP contribution < -0.4 is 5.32 Å². The number of aliphatic hydroxyl groups excluding tert-OH is 5. The molecule has 9 atom stereocenters. The van der Waals surface area contributed by atoms with Gasteiger partial charge in [-0.15, -0.1) is 0 Å². The Labute approximate surface area is 215 Å². The van der Waals surface area contributed by atoms with Crippen LogP contribution in [0.3, 0.4) is 0 Å². The number of nitrogens with one attached hydrogen (secondary N) is 1. The van der Waals surface area contributed by atoms with Crippen LogP contribution in [0.4, 0.5) is 0 Å². The van der Waals surface area contributed by atoms with Gasteiger partial charge in [0, 0.05) is 23.5 Å². The van der Waals surface area contributed by atoms with E-state index in [9.17, 15) is 25.5 Å². The van der Waals surface area contributed by atoms with Crippen LogP contribution in [0.1, 0.15) is 25.8 Å². The van der Waals surface area contributed by atoms with Gasteiger partial charge in [0.2, 0.25) is 0 Å². The zero-order valence-electron chi connectivity index (χ0n) is 20.2. The molecule has 0 spiro atoms. The summed E-state index contributed by atoms with van der Waals surface area (Å²) in [7, 11) is 0. The van der Waals surface area contributed by atoms with Crippen molar-refractivity contribution in [3.05, 3.63) is 59.1 Å². The van der Waals surface area contributed by atoms with Crippen molar-refractivity contribution in [2.45, 2.75) is 81.6 Å². The molecule has 0 amide bonds. The second kappa shape index (κ2) is 11.4. The molecule has 0 bridgehead atoms. The van der Waals surface area contributed by atoms with Gasteiger partial charge in [-0.1, -0.05) is 48.0 Å². The molecule has 0 aliphatic carbocycles. The zero-order valence-corrected chi connectivity index (χ0v) is 21.0. The molecule has 0 aromatic heterocycles. The minimum atomic E-state index is -1.57. The van der Waals surface area contributed by atoms with E-state index in [2.05, 4.69) is 5.32 Å². The minimum Gasteiger partial charge on any atom is -0.394 e. The SMILES string of the molecule is C[C@@H]1O[C@@H](O[C@@H]2[C@@H](O)[C@H](O)[C@@H](CO)O[C@H]2O)C[C@](C)(NCc2ccc(-c3ccc(Cl)cc3)cc2)[C@H]1O. The zero-order chi connectivity index (χ0) is 26.0. The van der Waals surface area contributed by atoms with Crippen molar-refractivity contribution in [1.82, 2.24) is 5.32 Å². The third-order valence-electron chi connectivity index (χ3n) is 7.03. The summed E-state index contributed by atoms with van der Waals surface area (Å²) in [5.41, 5.74) is 2.33. The Kier molecular flexibility index (Phi) is 8.68. The summed E-state index contributed by atoms with van der Waals surface area (Å²) in [6, 6.07) is 15.7. The molecule has 2 aromatic rings. The Morgan fingerprint density at radius 2 is 1.58 bits per heavy atom. The standard InChI is InChI=1S/C26H34ClNO8/c1-14-24(32)26(2,11-20(34-14)36-23-22(31)21(30)19(13-29)35-25(23)33)28-12-15-3-5-16(6-4-15)17-7-9-18(27)10-8-17/h3-10,14,19-25,28-33H,11-13H2,1-2H3/t14-,19+,20-,21+,22-,23+,24-,25+,26-/m0/s1. The van der Waals surface area contributed by atoms with E-state index in [0.29, 0.717) is 11.6 Å². The second-order valence-electron chi connectivity index (χ2n) is 9.72. The lowest BCUT2D eigenvalue weighted by molar-refractivity contribution is -0.340. The van der Waals surface area contributed by atoms with Gasteiger partial charge in [-0.05, 0) is 42.7 Å². The lowest BCUT2D eigenvalue weighted by atomic mass is 9.84. The van der Waals surface area contributed by atoms with E-state index >= 15 is 0 Å². The molecule has 0 saturated carbocycles. The largest absolute Gasteiger partial charge is 0.394 e. The van der Waals surface area contributed by atoms with E-state index in [-0.39, 0.29) is 6.42 Å². The number of hydrogen-bond donors (Lipinski definition) is 6. The van der Waals surface area contributed by atoms with E-state index in [1.54, 1.807) is 6.92 Å². The van der Waals surface area contributed by atoms with Crippen LogP contribution in [-0.4, -0.2) is 86.9 Å². The fourth-order valence-corrected chi connectivity index (χ4v) is 4.89. The van der Waals surface area contributed by atoms with Crippen LogP contribution in [0.5, 0.6) is 0 Å². The maximum Gasteiger partial charge on any atom is 0.184 e. The molecule has 0 radical (unpaired) electrons. The quantitative estimate of drug-likeness (QED) is 0.315. The second-order valence-corrected chi connectivity index (χ2v) is 10.2. The van der Waals surface area contributed by atoms with E-state index in [1.165, 1.54) is 0 Å². The van der Waals surface area contributed by atoms with Gasteiger partial charge in [0.05, 0.1) is 18.8 Å². The van der Waals surface area contributed by atoms with Crippen molar-refractivity contribution < 1.29 is 39.7 Å². The van der Waals surface area contributed by atoms with Crippen molar-refractivity contribution in [2.24, 2.45) is 0 Å². The van der Waals surface area contributed by atoms with E-state index in [1.807, 2.05) is 55.5 Å². The highest BCUT2D eigenvalue weighted by Gasteiger charge is 2.49. The predicted octanol–water partition coefficient (Wildman–Crippen LogP) is 1.17. The molecule has 0 unspecified atom stereocenters. The summed E-state index contributed by atoms with van der Waals surface area (Å²) in [5.74, 6) is 0. The summed E-state index contributed by atoms with van der Waals surface area (Å²) >= 11 is 5.97. The van der Waals surface area contributed by atoms with Crippen LogP contribution in [0.25, 0.3) is 11.1 Å². The topological polar surface area (TPSA) is 141 Å². The molecule has 2 fully saturated rings. The fourth-order valence-electron chi connectivity index (χ4n) is 4.76. The van der Waals surface area contributed by atoms with Crippen LogP contribution in [0.15, 0.2) is 48.5 Å². The Bertz CT molecular complexity index is 992. The summed E-state index contributed by atoms with van der Waals surface area (Å²) in [6.07, 6.45) is -9.06. The predicted molar refractivity (Wildman–Crippen MR) is 132 cm³/mol. The minimum absolute atomic E-state index is 0.205. The fraction of sp³-hybridized carbons (Fsp3) is 0.538. The Balaban J connectivity index is 1.40. The molecule has 2 heterocycles. The van der Waals surface area contributed by atoms with Gasteiger partial charge in [-0.3, -0.25) is 0 Å². The molecule has 2 aromatic carbocycles. The molecule has 2 aliphatic heterocycles. The van der Waals surface area contributed by atoms with Crippen molar-refractivity contribution >= 4 is 11.6 Å². The first-order valence-electron chi connectivity index (χ1n) is 12.0. The molecule has 9 nitrogen and oxygen atoms in total. The van der Waals surface area contributed by atoms with Gasteiger partial charge in [0.15, 0.2) is 12.6 Å². The smallest absolute Gasteiger partial charge is 0.184 e. The highest BCUT2D eigenvalue weighted by atomic mass is 35.5. The van der Waals surface area contributed by atoms with Crippen LogP contribution in [0.2, 0.25) is 5.02 Å². The first-order chi connectivity index (χ1) is 17.1. The number of halogens is 1. The lowest BCUT2D eigenvalue weighted by Crippen LogP contribution is -2.64. The average molecular weight is 524 g/mol. The summed E-state index contributed by atoms with van der Waals surface area (Å²) in [5, 5.41) is 55.0. The van der Waals surface area contributed by atoms with Gasteiger partial charge in [0.25, 0.3) is 0 Å². The molecule has 4 rings (SSSR count). The van der Waals surface area contributed by atoms with Crippen LogP contribution in [-0.2, 0) is 20.8 Å². The number of hydrogen-bond acceptors (Lipinski definition) is 9. The molecule has 10 heteroatoms. The van der Waals surface area contributed by atoms with E-state index < -0.39 is 61.3 Å². The number of ether oxygens (including phenoxy) is 3. The third kappa shape index (κ3) is 5.92. The first kappa shape index (κ1) is 27.4. The molecular formula is C26H34ClNO8. The Hall–Kier alpha value is -1.63. The van der Waals surface area contributed by atoms with Crippen molar-refractivity contribution in [3.8, 4) is 11.1 Å². The van der Waals surface area contributed by atoms with Crippen LogP contribution in [0, 0.1) is 0 Å². The molecule has 6 N–H and O–H groups in total. The number of aliphatic hydroxyl groups is 5. The monoisotopic (exact) mass is 523 g/mol. The third-order valence-corrected chi connectivity index (χ3v) is 7.29. The normalized spacial score (nSPS) is 37.1. The van der Waals surface area contributed by atoms with Gasteiger partial charge in [-0.2, -0.15) is 0 Å². The molecule has 2 aliphatic rings. The van der Waals surface area contributed by atoms with Gasteiger partial charge >= 0.3 is 0 Å². The summed E-state index contributed by atoms with van der Waals surface area (Å²) in [4.78, 5) is 0. The molecule has 36 heavy (non-hydrogen) atoms. The highest BCUT2D eigenvalue weighted by molar-refractivity contribution is 6.30. The maximum atomic E-state index is 10.9. The van der Waals surface area contributed by atoms with Crippen molar-refractivity contribution in [3.63, 3.8) is 0 Å².